The Bertz CT molecular complexity index is 1090. The van der Waals surface area contributed by atoms with E-state index in [9.17, 15) is 14.4 Å². The Hall–Kier alpha value is -3.28. The van der Waals surface area contributed by atoms with Gasteiger partial charge in [0.05, 0.1) is 11.2 Å². The van der Waals surface area contributed by atoms with E-state index < -0.39 is 11.2 Å². The van der Waals surface area contributed by atoms with E-state index in [2.05, 4.69) is 15.2 Å². The van der Waals surface area contributed by atoms with Gasteiger partial charge in [-0.05, 0) is 37.6 Å². The van der Waals surface area contributed by atoms with Crippen LogP contribution in [0.5, 0.6) is 0 Å². The molecule has 4 rings (SSSR count). The van der Waals surface area contributed by atoms with Crippen LogP contribution in [-0.4, -0.2) is 87.0 Å². The van der Waals surface area contributed by atoms with Crippen molar-refractivity contribution in [2.45, 2.75) is 32.0 Å². The van der Waals surface area contributed by atoms with Crippen LogP contribution >= 0.6 is 0 Å². The normalized spacial score (nSPS) is 17.4. The Balaban J connectivity index is 1.33. The summed E-state index contributed by atoms with van der Waals surface area (Å²) in [6, 6.07) is 9.21. The first-order chi connectivity index (χ1) is 16.1. The number of hydrogen-bond donors (Lipinski definition) is 3. The molecule has 2 aromatic rings. The van der Waals surface area contributed by atoms with Gasteiger partial charge in [0.25, 0.3) is 0 Å². The number of rotatable bonds is 5. The number of hydrogen-bond acceptors (Lipinski definition) is 7. The number of nitrogens with zero attached hydrogens (tertiary/aromatic N) is 5. The van der Waals surface area contributed by atoms with Gasteiger partial charge in [0.1, 0.15) is 5.82 Å². The van der Waals surface area contributed by atoms with Crippen LogP contribution in [0.25, 0.3) is 5.69 Å². The molecular weight excluding hydrogens is 436 g/mol. The van der Waals surface area contributed by atoms with Gasteiger partial charge in [0.2, 0.25) is 5.91 Å². The first-order valence-corrected chi connectivity index (χ1v) is 11.4. The highest BCUT2D eigenvalue weighted by molar-refractivity contribution is 5.89. The van der Waals surface area contributed by atoms with Gasteiger partial charge < -0.3 is 21.3 Å². The molecule has 182 valence electrons. The van der Waals surface area contributed by atoms with E-state index in [-0.39, 0.29) is 23.8 Å². The van der Waals surface area contributed by atoms with Crippen molar-refractivity contribution in [1.82, 2.24) is 24.3 Å². The molecule has 34 heavy (non-hydrogen) atoms. The number of urea groups is 1. The van der Waals surface area contributed by atoms with Gasteiger partial charge in [0, 0.05) is 58.1 Å². The largest absolute Gasteiger partial charge is 0.354 e. The van der Waals surface area contributed by atoms with Crippen LogP contribution in [0.3, 0.4) is 0 Å². The molecule has 2 saturated heterocycles. The molecule has 2 aliphatic heterocycles. The lowest BCUT2D eigenvalue weighted by atomic mass is 10.1. The average Bonchev–Trinajstić information content (AvgIpc) is 2.78. The minimum atomic E-state index is -0.943. The Kier molecular flexibility index (Phi) is 6.69. The summed E-state index contributed by atoms with van der Waals surface area (Å²) >= 11 is 0. The predicted octanol–water partition coefficient (Wildman–Crippen LogP) is -0.211. The molecule has 3 heterocycles. The SMILES string of the molecule is CC(C)(N)C(=O)N1CCN(C(=O)Nc2ccn(-c3ccc(CN4CC(N)C4)cc3)c(=O)n2)CC1. The van der Waals surface area contributed by atoms with E-state index in [1.54, 1.807) is 35.9 Å². The number of nitrogens with two attached hydrogens (primary N) is 2. The van der Waals surface area contributed by atoms with Crippen LogP contribution in [0.4, 0.5) is 10.6 Å². The van der Waals surface area contributed by atoms with Crippen LogP contribution in [0, 0.1) is 0 Å². The summed E-state index contributed by atoms with van der Waals surface area (Å²) in [4.78, 5) is 47.0. The number of carbonyl (C=O) groups excluding carboxylic acids is 2. The molecule has 11 nitrogen and oxygen atoms in total. The fourth-order valence-corrected chi connectivity index (χ4v) is 4.14. The van der Waals surface area contributed by atoms with Crippen molar-refractivity contribution < 1.29 is 9.59 Å². The van der Waals surface area contributed by atoms with Crippen molar-refractivity contribution in [2.24, 2.45) is 11.5 Å². The summed E-state index contributed by atoms with van der Waals surface area (Å²) in [6.07, 6.45) is 1.59. The number of nitrogens with one attached hydrogen (secondary N) is 1. The molecule has 0 aliphatic carbocycles. The molecule has 0 bridgehead atoms. The molecule has 2 fully saturated rings. The second-order valence-electron chi connectivity index (χ2n) is 9.52. The third kappa shape index (κ3) is 5.44. The first kappa shape index (κ1) is 23.9. The fourth-order valence-electron chi connectivity index (χ4n) is 4.14. The number of amides is 3. The quantitative estimate of drug-likeness (QED) is 0.551. The minimum absolute atomic E-state index is 0.143. The lowest BCUT2D eigenvalue weighted by Crippen LogP contribution is -2.58. The Morgan fingerprint density at radius 2 is 1.68 bits per heavy atom. The number of aromatic nitrogens is 2. The summed E-state index contributed by atoms with van der Waals surface area (Å²) in [5.74, 6) is 0.0363. The van der Waals surface area contributed by atoms with Gasteiger partial charge in [-0.15, -0.1) is 0 Å². The summed E-state index contributed by atoms with van der Waals surface area (Å²) in [5, 5.41) is 2.67. The number of likely N-dealkylation sites (tertiary alicyclic amines) is 1. The summed E-state index contributed by atoms with van der Waals surface area (Å²) in [5.41, 5.74) is 12.1. The zero-order valence-electron chi connectivity index (χ0n) is 19.6. The van der Waals surface area contributed by atoms with Crippen molar-refractivity contribution in [3.05, 3.63) is 52.6 Å². The van der Waals surface area contributed by atoms with E-state index in [4.69, 9.17) is 11.5 Å². The molecule has 11 heteroatoms. The van der Waals surface area contributed by atoms with E-state index in [0.717, 1.165) is 25.2 Å². The van der Waals surface area contributed by atoms with Crippen molar-refractivity contribution in [3.8, 4) is 5.69 Å². The highest BCUT2D eigenvalue weighted by Gasteiger charge is 2.31. The maximum absolute atomic E-state index is 12.6. The summed E-state index contributed by atoms with van der Waals surface area (Å²) in [7, 11) is 0. The number of anilines is 1. The Morgan fingerprint density at radius 1 is 1.06 bits per heavy atom. The van der Waals surface area contributed by atoms with Gasteiger partial charge in [-0.3, -0.25) is 19.6 Å². The topological polar surface area (TPSA) is 143 Å². The van der Waals surface area contributed by atoms with E-state index in [0.29, 0.717) is 31.9 Å². The zero-order valence-corrected chi connectivity index (χ0v) is 19.6. The fraction of sp³-hybridized carbons (Fsp3) is 0.478. The number of benzene rings is 1. The first-order valence-electron chi connectivity index (χ1n) is 11.4. The van der Waals surface area contributed by atoms with E-state index in [1.807, 2.05) is 24.3 Å². The third-order valence-electron chi connectivity index (χ3n) is 6.05. The van der Waals surface area contributed by atoms with Crippen molar-refractivity contribution in [3.63, 3.8) is 0 Å². The summed E-state index contributed by atoms with van der Waals surface area (Å²) in [6.45, 7) is 7.53. The Morgan fingerprint density at radius 3 is 2.24 bits per heavy atom. The van der Waals surface area contributed by atoms with Crippen molar-refractivity contribution in [2.75, 3.05) is 44.6 Å². The molecule has 0 saturated carbocycles. The van der Waals surface area contributed by atoms with Crippen LogP contribution in [0.1, 0.15) is 19.4 Å². The lowest BCUT2D eigenvalue weighted by molar-refractivity contribution is -0.137. The van der Waals surface area contributed by atoms with E-state index >= 15 is 0 Å². The zero-order chi connectivity index (χ0) is 24.5. The monoisotopic (exact) mass is 468 g/mol. The molecule has 0 radical (unpaired) electrons. The lowest BCUT2D eigenvalue weighted by Gasteiger charge is -2.37. The van der Waals surface area contributed by atoms with Gasteiger partial charge in [0.15, 0.2) is 0 Å². The highest BCUT2D eigenvalue weighted by atomic mass is 16.2. The molecule has 5 N–H and O–H groups in total. The molecular formula is C23H32N8O3. The standard InChI is InChI=1S/C23H32N8O3/c1-23(2,25)20(32)29-9-11-30(12-10-29)21(33)26-19-7-8-31(22(34)27-19)18-5-3-16(4-6-18)13-28-14-17(24)15-28/h3-8,17H,9-15,24-25H2,1-2H3,(H,26,27,33,34). The molecule has 2 aliphatic rings. The maximum atomic E-state index is 12.6. The Labute approximate surface area is 198 Å². The number of piperazine rings is 1. The second-order valence-corrected chi connectivity index (χ2v) is 9.52. The molecule has 0 unspecified atom stereocenters. The van der Waals surface area contributed by atoms with Gasteiger partial charge >= 0.3 is 11.7 Å². The molecule has 3 amide bonds. The molecule has 0 atom stereocenters. The molecule has 1 aromatic carbocycles. The minimum Gasteiger partial charge on any atom is -0.338 e. The predicted molar refractivity (Wildman–Crippen MR) is 129 cm³/mol. The molecule has 0 spiro atoms. The van der Waals surface area contributed by atoms with Crippen LogP contribution in [-0.2, 0) is 11.3 Å². The van der Waals surface area contributed by atoms with Crippen LogP contribution < -0.4 is 22.5 Å². The van der Waals surface area contributed by atoms with Crippen LogP contribution in [0.15, 0.2) is 41.3 Å². The van der Waals surface area contributed by atoms with Gasteiger partial charge in [-0.2, -0.15) is 4.98 Å². The second kappa shape index (κ2) is 9.53. The maximum Gasteiger partial charge on any atom is 0.354 e. The third-order valence-corrected chi connectivity index (χ3v) is 6.05. The van der Waals surface area contributed by atoms with Gasteiger partial charge in [-0.1, -0.05) is 12.1 Å². The van der Waals surface area contributed by atoms with E-state index in [1.165, 1.54) is 4.57 Å². The molecule has 1 aromatic heterocycles. The number of carbonyl (C=O) groups is 2. The summed E-state index contributed by atoms with van der Waals surface area (Å²) < 4.78 is 1.43. The highest BCUT2D eigenvalue weighted by Crippen LogP contribution is 2.15. The van der Waals surface area contributed by atoms with Crippen LogP contribution in [0.2, 0.25) is 0 Å². The van der Waals surface area contributed by atoms with Crippen molar-refractivity contribution in [1.29, 1.82) is 0 Å². The average molecular weight is 469 g/mol. The smallest absolute Gasteiger partial charge is 0.338 e. The van der Waals surface area contributed by atoms with Crippen molar-refractivity contribution >= 4 is 17.8 Å². The van der Waals surface area contributed by atoms with Gasteiger partial charge in [-0.25, -0.2) is 9.59 Å².